The Morgan fingerprint density at radius 3 is 2.75 bits per heavy atom. The molecular weight excluding hydrogens is 242 g/mol. The number of nitrogens with one attached hydrogen (secondary N) is 1. The second-order valence-electron chi connectivity index (χ2n) is 1.99. The molecule has 1 N–H and O–H groups in total. The van der Waals surface area contributed by atoms with Gasteiger partial charge >= 0.3 is 0 Å². The smallest absolute Gasteiger partial charge is 0.274 e. The van der Waals surface area contributed by atoms with E-state index in [1.807, 2.05) is 0 Å². The first-order chi connectivity index (χ1) is 5.50. The Hall–Kier alpha value is 0.360. The molecule has 0 aromatic heterocycles. The van der Waals surface area contributed by atoms with Gasteiger partial charge in [-0.05, 0) is 0 Å². The lowest BCUT2D eigenvalue weighted by atomic mass is 10.7. The highest BCUT2D eigenvalue weighted by Gasteiger charge is 2.32. The molecule has 1 aliphatic rings. The molecule has 1 amide bonds. The number of halogens is 3. The maximum absolute atomic E-state index is 11.0. The van der Waals surface area contributed by atoms with E-state index >= 15 is 0 Å². The van der Waals surface area contributed by atoms with Gasteiger partial charge in [0.1, 0.15) is 0 Å². The van der Waals surface area contributed by atoms with Gasteiger partial charge < -0.3 is 5.32 Å². The summed E-state index contributed by atoms with van der Waals surface area (Å²) in [6.07, 6.45) is 1.70. The minimum Gasteiger partial charge on any atom is -0.322 e. The summed E-state index contributed by atoms with van der Waals surface area (Å²) >= 11 is 17.4. The topological polar surface area (TPSA) is 41.5 Å². The molecule has 0 aliphatic carbocycles. The third kappa shape index (κ3) is 3.01. The SMILES string of the molecule is O=C(NC1N=CCS1)C(Cl)(Cl)Cl. The van der Waals surface area contributed by atoms with Crippen molar-refractivity contribution < 1.29 is 4.79 Å². The number of carbonyl (C=O) groups excluding carboxylic acids is 1. The van der Waals surface area contributed by atoms with Gasteiger partial charge in [-0.15, -0.1) is 11.8 Å². The molecule has 1 heterocycles. The highest BCUT2D eigenvalue weighted by Crippen LogP contribution is 2.27. The van der Waals surface area contributed by atoms with E-state index in [2.05, 4.69) is 10.3 Å². The molecule has 0 fully saturated rings. The van der Waals surface area contributed by atoms with Crippen molar-refractivity contribution in [2.24, 2.45) is 4.99 Å². The second-order valence-corrected chi connectivity index (χ2v) is 5.38. The second kappa shape index (κ2) is 4.05. The van der Waals surface area contributed by atoms with Gasteiger partial charge in [0, 0.05) is 12.0 Å². The minimum absolute atomic E-state index is 0.312. The number of hydrogen-bond donors (Lipinski definition) is 1. The van der Waals surface area contributed by atoms with Crippen LogP contribution in [0.3, 0.4) is 0 Å². The van der Waals surface area contributed by atoms with Crippen molar-refractivity contribution in [3.8, 4) is 0 Å². The van der Waals surface area contributed by atoms with Crippen LogP contribution in [0, 0.1) is 0 Å². The quantitative estimate of drug-likeness (QED) is 0.715. The van der Waals surface area contributed by atoms with Crippen LogP contribution in [-0.2, 0) is 4.79 Å². The molecule has 0 radical (unpaired) electrons. The van der Waals surface area contributed by atoms with Gasteiger partial charge in [-0.1, -0.05) is 34.8 Å². The Balaban J connectivity index is 2.41. The lowest BCUT2D eigenvalue weighted by molar-refractivity contribution is -0.120. The number of nitrogens with zero attached hydrogens (tertiary/aromatic N) is 1. The summed E-state index contributed by atoms with van der Waals surface area (Å²) in [6.45, 7) is 0. The van der Waals surface area contributed by atoms with Crippen molar-refractivity contribution in [1.29, 1.82) is 0 Å². The van der Waals surface area contributed by atoms with Crippen molar-refractivity contribution in [1.82, 2.24) is 5.32 Å². The van der Waals surface area contributed by atoms with Crippen molar-refractivity contribution in [2.75, 3.05) is 5.75 Å². The van der Waals surface area contributed by atoms with Crippen LogP contribution in [0.4, 0.5) is 0 Å². The van der Waals surface area contributed by atoms with Crippen molar-refractivity contribution >= 4 is 58.7 Å². The number of carbonyl (C=O) groups is 1. The molecular formula is C5H5Cl3N2OS. The van der Waals surface area contributed by atoms with E-state index in [-0.39, 0.29) is 5.50 Å². The molecule has 1 aliphatic heterocycles. The molecule has 0 saturated carbocycles. The molecule has 0 aromatic carbocycles. The predicted octanol–water partition coefficient (Wildman–Crippen LogP) is 1.57. The van der Waals surface area contributed by atoms with E-state index in [9.17, 15) is 4.79 Å². The Morgan fingerprint density at radius 2 is 2.33 bits per heavy atom. The summed E-state index contributed by atoms with van der Waals surface area (Å²) in [6, 6.07) is 0. The van der Waals surface area contributed by atoms with Crippen LogP contribution < -0.4 is 5.32 Å². The van der Waals surface area contributed by atoms with E-state index in [0.29, 0.717) is 0 Å². The van der Waals surface area contributed by atoms with Crippen LogP contribution >= 0.6 is 46.6 Å². The Bertz CT molecular complexity index is 215. The van der Waals surface area contributed by atoms with Gasteiger partial charge in [0.15, 0.2) is 5.50 Å². The lowest BCUT2D eigenvalue weighted by Crippen LogP contribution is -2.38. The average Bonchev–Trinajstić information content (AvgIpc) is 2.37. The number of amides is 1. The fourth-order valence-corrected chi connectivity index (χ4v) is 1.47. The van der Waals surface area contributed by atoms with Crippen LogP contribution in [0.25, 0.3) is 0 Å². The van der Waals surface area contributed by atoms with Crippen LogP contribution in [0.5, 0.6) is 0 Å². The monoisotopic (exact) mass is 246 g/mol. The maximum atomic E-state index is 11.0. The summed E-state index contributed by atoms with van der Waals surface area (Å²) in [5.41, 5.74) is -0.312. The normalized spacial score (nSPS) is 22.8. The maximum Gasteiger partial charge on any atom is 0.274 e. The summed E-state index contributed by atoms with van der Waals surface area (Å²) in [5.74, 6) is 0.120. The third-order valence-electron chi connectivity index (χ3n) is 1.08. The largest absolute Gasteiger partial charge is 0.322 e. The molecule has 7 heteroatoms. The summed E-state index contributed by atoms with van der Waals surface area (Å²) < 4.78 is -1.90. The zero-order valence-electron chi connectivity index (χ0n) is 5.76. The van der Waals surface area contributed by atoms with Crippen LogP contribution in [0.15, 0.2) is 4.99 Å². The highest BCUT2D eigenvalue weighted by atomic mass is 35.6. The number of thioether (sulfide) groups is 1. The standard InChI is InChI=1S/C5H5Cl3N2OS/c6-5(7,8)3(11)10-4-9-1-2-12-4/h1,4H,2H2,(H,10,11). The molecule has 12 heavy (non-hydrogen) atoms. The number of hydrogen-bond acceptors (Lipinski definition) is 3. The van der Waals surface area contributed by atoms with Gasteiger partial charge in [-0.2, -0.15) is 0 Å². The van der Waals surface area contributed by atoms with Gasteiger partial charge in [-0.25, -0.2) is 0 Å². The molecule has 1 unspecified atom stereocenters. The number of aliphatic imine (C=N–C) groups is 1. The van der Waals surface area contributed by atoms with Crippen LogP contribution in [-0.4, -0.2) is 27.2 Å². The Morgan fingerprint density at radius 1 is 1.67 bits per heavy atom. The predicted molar refractivity (Wildman–Crippen MR) is 53.2 cm³/mol. The molecule has 0 aromatic rings. The average molecular weight is 248 g/mol. The highest BCUT2D eigenvalue weighted by molar-refractivity contribution is 8.00. The Labute approximate surface area is 88.8 Å². The van der Waals surface area contributed by atoms with E-state index in [4.69, 9.17) is 34.8 Å². The minimum atomic E-state index is -1.90. The molecule has 1 rings (SSSR count). The first-order valence-electron chi connectivity index (χ1n) is 3.01. The lowest BCUT2D eigenvalue weighted by Gasteiger charge is -2.13. The first kappa shape index (κ1) is 10.4. The van der Waals surface area contributed by atoms with E-state index in [0.717, 1.165) is 5.75 Å². The zero-order valence-corrected chi connectivity index (χ0v) is 8.84. The number of alkyl halides is 3. The zero-order chi connectivity index (χ0) is 9.19. The molecule has 0 bridgehead atoms. The fourth-order valence-electron chi connectivity index (χ4n) is 0.589. The molecule has 0 saturated heterocycles. The molecule has 1 atom stereocenters. The molecule has 68 valence electrons. The summed E-state index contributed by atoms with van der Waals surface area (Å²) in [5, 5.41) is 2.45. The van der Waals surface area contributed by atoms with E-state index < -0.39 is 9.70 Å². The summed E-state index contributed by atoms with van der Waals surface area (Å²) in [7, 11) is 0. The van der Waals surface area contributed by atoms with Crippen molar-refractivity contribution in [2.45, 2.75) is 9.29 Å². The number of rotatable bonds is 1. The van der Waals surface area contributed by atoms with E-state index in [1.165, 1.54) is 11.8 Å². The molecule has 3 nitrogen and oxygen atoms in total. The van der Waals surface area contributed by atoms with Gasteiger partial charge in [0.2, 0.25) is 0 Å². The summed E-state index contributed by atoms with van der Waals surface area (Å²) in [4.78, 5) is 14.9. The van der Waals surface area contributed by atoms with E-state index in [1.54, 1.807) is 6.21 Å². The van der Waals surface area contributed by atoms with Crippen LogP contribution in [0.2, 0.25) is 0 Å². The van der Waals surface area contributed by atoms with Crippen molar-refractivity contribution in [3.05, 3.63) is 0 Å². The van der Waals surface area contributed by atoms with Crippen molar-refractivity contribution in [3.63, 3.8) is 0 Å². The third-order valence-corrected chi connectivity index (χ3v) is 2.49. The fraction of sp³-hybridized carbons (Fsp3) is 0.600. The first-order valence-corrected chi connectivity index (χ1v) is 5.19. The van der Waals surface area contributed by atoms with Gasteiger partial charge in [-0.3, -0.25) is 9.79 Å². The molecule has 0 spiro atoms. The van der Waals surface area contributed by atoms with Gasteiger partial charge in [0.25, 0.3) is 9.70 Å². The Kier molecular flexibility index (Phi) is 3.52. The van der Waals surface area contributed by atoms with Crippen LogP contribution in [0.1, 0.15) is 0 Å². The van der Waals surface area contributed by atoms with Gasteiger partial charge in [0.05, 0.1) is 0 Å².